The molecule has 0 radical (unpaired) electrons. The second kappa shape index (κ2) is 12.8. The average molecular weight is 462 g/mol. The predicted molar refractivity (Wildman–Crippen MR) is 128 cm³/mol. The van der Waals surface area contributed by atoms with Crippen LogP contribution in [0, 0.1) is 0 Å². The van der Waals surface area contributed by atoms with Crippen molar-refractivity contribution in [3.63, 3.8) is 0 Å². The molecule has 0 unspecified atom stereocenters. The second-order valence-electron chi connectivity index (χ2n) is 8.89. The lowest BCUT2D eigenvalue weighted by Crippen LogP contribution is -2.48. The Morgan fingerprint density at radius 2 is 1.09 bits per heavy atom. The molecule has 0 aliphatic carbocycles. The predicted octanol–water partition coefficient (Wildman–Crippen LogP) is 3.32. The van der Waals surface area contributed by atoms with Crippen LogP contribution in [0.1, 0.15) is 51.4 Å². The van der Waals surface area contributed by atoms with E-state index < -0.39 is 0 Å². The number of imide groups is 1. The molecule has 3 rings (SSSR count). The Balaban J connectivity index is 1.90. The Morgan fingerprint density at radius 3 is 1.42 bits per heavy atom. The van der Waals surface area contributed by atoms with E-state index in [4.69, 9.17) is 14.2 Å². The number of likely N-dealkylation sites (tertiary alicyclic amines) is 2. The van der Waals surface area contributed by atoms with Gasteiger partial charge in [0.25, 0.3) is 0 Å². The molecule has 2 amide bonds. The normalized spacial score (nSPS) is 18.2. The van der Waals surface area contributed by atoms with Gasteiger partial charge in [0.2, 0.25) is 17.6 Å². The molecule has 0 spiro atoms. The zero-order chi connectivity index (χ0) is 23.6. The van der Waals surface area contributed by atoms with Crippen LogP contribution >= 0.6 is 0 Å². The molecular formula is C25H39N3O5. The van der Waals surface area contributed by atoms with E-state index in [1.165, 1.54) is 51.9 Å². The quantitative estimate of drug-likeness (QED) is 0.588. The molecule has 0 bridgehead atoms. The highest BCUT2D eigenvalue weighted by molar-refractivity contribution is 6.16. The number of carbonyl (C=O) groups excluding carboxylic acids is 2. The molecule has 2 heterocycles. The highest BCUT2D eigenvalue weighted by Gasteiger charge is 2.29. The Morgan fingerprint density at radius 1 is 0.697 bits per heavy atom. The third-order valence-corrected chi connectivity index (χ3v) is 6.52. The van der Waals surface area contributed by atoms with Gasteiger partial charge in [0.1, 0.15) is 0 Å². The first-order chi connectivity index (χ1) is 16.1. The van der Waals surface area contributed by atoms with Gasteiger partial charge >= 0.3 is 0 Å². The summed E-state index contributed by atoms with van der Waals surface area (Å²) >= 11 is 0. The number of amides is 2. The monoisotopic (exact) mass is 461 g/mol. The standard InChI is InChI=1S/C25H39N3O5/c1-31-21-16-20(17-22(32-2)25(21)33-3)28(23(29)18-26-12-8-4-5-9-13-26)24(30)19-27-14-10-6-7-11-15-27/h16-17H,4-15,18-19H2,1-3H3. The van der Waals surface area contributed by atoms with Gasteiger partial charge < -0.3 is 14.2 Å². The zero-order valence-corrected chi connectivity index (χ0v) is 20.4. The smallest absolute Gasteiger partial charge is 0.247 e. The van der Waals surface area contributed by atoms with Gasteiger partial charge in [-0.3, -0.25) is 19.4 Å². The molecule has 1 aromatic carbocycles. The van der Waals surface area contributed by atoms with Crippen LogP contribution < -0.4 is 19.1 Å². The minimum atomic E-state index is -0.217. The number of carbonyl (C=O) groups is 2. The molecule has 2 aliphatic heterocycles. The van der Waals surface area contributed by atoms with Crippen molar-refractivity contribution in [1.82, 2.24) is 9.80 Å². The van der Waals surface area contributed by atoms with Gasteiger partial charge in [-0.15, -0.1) is 0 Å². The van der Waals surface area contributed by atoms with E-state index in [0.717, 1.165) is 51.9 Å². The van der Waals surface area contributed by atoms with E-state index in [1.54, 1.807) is 12.1 Å². The largest absolute Gasteiger partial charge is 0.493 e. The molecule has 0 N–H and O–H groups in total. The molecule has 2 fully saturated rings. The van der Waals surface area contributed by atoms with Crippen molar-refractivity contribution in [2.24, 2.45) is 0 Å². The van der Waals surface area contributed by atoms with Crippen LogP contribution in [0.4, 0.5) is 5.69 Å². The van der Waals surface area contributed by atoms with E-state index in [1.807, 2.05) is 0 Å². The fraction of sp³-hybridized carbons (Fsp3) is 0.680. The van der Waals surface area contributed by atoms with Gasteiger partial charge in [0.05, 0.1) is 40.1 Å². The van der Waals surface area contributed by atoms with Crippen molar-refractivity contribution in [2.75, 3.05) is 65.5 Å². The minimum absolute atomic E-state index is 0.217. The molecule has 33 heavy (non-hydrogen) atoms. The van der Waals surface area contributed by atoms with Gasteiger partial charge in [0.15, 0.2) is 11.5 Å². The molecule has 8 heteroatoms. The van der Waals surface area contributed by atoms with Crippen molar-refractivity contribution >= 4 is 17.5 Å². The van der Waals surface area contributed by atoms with Crippen LogP contribution in [0.5, 0.6) is 17.2 Å². The van der Waals surface area contributed by atoms with E-state index in [2.05, 4.69) is 9.80 Å². The Bertz CT molecular complexity index is 725. The van der Waals surface area contributed by atoms with Crippen LogP contribution in [-0.4, -0.2) is 82.2 Å². The number of methoxy groups -OCH3 is 3. The maximum atomic E-state index is 13.6. The van der Waals surface area contributed by atoms with Gasteiger partial charge in [0, 0.05) is 12.1 Å². The van der Waals surface area contributed by atoms with Crippen molar-refractivity contribution < 1.29 is 23.8 Å². The molecule has 184 valence electrons. The third kappa shape index (κ3) is 6.84. The van der Waals surface area contributed by atoms with Crippen molar-refractivity contribution in [3.8, 4) is 17.2 Å². The topological polar surface area (TPSA) is 71.6 Å². The summed E-state index contributed by atoms with van der Waals surface area (Å²) in [5.74, 6) is 0.838. The highest BCUT2D eigenvalue weighted by Crippen LogP contribution is 2.41. The lowest BCUT2D eigenvalue weighted by atomic mass is 10.2. The van der Waals surface area contributed by atoms with Crippen LogP contribution in [0.3, 0.4) is 0 Å². The van der Waals surface area contributed by atoms with Crippen LogP contribution in [-0.2, 0) is 9.59 Å². The SMILES string of the molecule is COc1cc(N(C(=O)CN2CCCCCC2)C(=O)CN2CCCCCC2)cc(OC)c1OC. The Kier molecular flexibility index (Phi) is 9.81. The van der Waals surface area contributed by atoms with Gasteiger partial charge in [-0.2, -0.15) is 0 Å². The molecular weight excluding hydrogens is 422 g/mol. The lowest BCUT2D eigenvalue weighted by molar-refractivity contribution is -0.127. The Labute approximate surface area is 197 Å². The molecule has 2 aliphatic rings. The number of hydrogen-bond donors (Lipinski definition) is 0. The summed E-state index contributed by atoms with van der Waals surface area (Å²) in [6, 6.07) is 3.37. The van der Waals surface area contributed by atoms with Crippen LogP contribution in [0.25, 0.3) is 0 Å². The first-order valence-electron chi connectivity index (χ1n) is 12.2. The molecule has 1 aromatic rings. The summed E-state index contributed by atoms with van der Waals surface area (Å²) in [6.07, 6.45) is 9.09. The molecule has 0 aromatic heterocycles. The van der Waals surface area contributed by atoms with E-state index >= 15 is 0 Å². The number of hydrogen-bond acceptors (Lipinski definition) is 7. The second-order valence-corrected chi connectivity index (χ2v) is 8.89. The number of rotatable bonds is 8. The molecule has 8 nitrogen and oxygen atoms in total. The highest BCUT2D eigenvalue weighted by atomic mass is 16.5. The van der Waals surface area contributed by atoms with E-state index in [0.29, 0.717) is 22.9 Å². The average Bonchev–Trinajstić information content (AvgIpc) is 3.23. The van der Waals surface area contributed by atoms with Crippen LogP contribution in [0.15, 0.2) is 12.1 Å². The summed E-state index contributed by atoms with van der Waals surface area (Å²) in [7, 11) is 4.60. The first kappa shape index (κ1) is 25.3. The van der Waals surface area contributed by atoms with Crippen molar-refractivity contribution in [1.29, 1.82) is 0 Å². The van der Waals surface area contributed by atoms with E-state index in [-0.39, 0.29) is 24.9 Å². The van der Waals surface area contributed by atoms with E-state index in [9.17, 15) is 9.59 Å². The Hall–Kier alpha value is -2.32. The lowest BCUT2D eigenvalue weighted by Gasteiger charge is -2.28. The summed E-state index contributed by atoms with van der Waals surface area (Å²) in [6.45, 7) is 3.99. The van der Waals surface area contributed by atoms with Crippen molar-refractivity contribution in [3.05, 3.63) is 12.1 Å². The fourth-order valence-corrected chi connectivity index (χ4v) is 4.74. The minimum Gasteiger partial charge on any atom is -0.493 e. The number of nitrogens with zero attached hydrogens (tertiary/aromatic N) is 3. The fourth-order valence-electron chi connectivity index (χ4n) is 4.74. The number of ether oxygens (including phenoxy) is 3. The summed E-state index contributed by atoms with van der Waals surface area (Å²) in [5.41, 5.74) is 0.448. The summed E-state index contributed by atoms with van der Waals surface area (Å²) in [5, 5.41) is 0. The summed E-state index contributed by atoms with van der Waals surface area (Å²) in [4.78, 5) is 32.8. The van der Waals surface area contributed by atoms with Gasteiger partial charge in [-0.25, -0.2) is 4.90 Å². The number of benzene rings is 1. The molecule has 0 atom stereocenters. The van der Waals surface area contributed by atoms with Gasteiger partial charge in [-0.05, 0) is 51.9 Å². The van der Waals surface area contributed by atoms with Crippen molar-refractivity contribution in [2.45, 2.75) is 51.4 Å². The van der Waals surface area contributed by atoms with Gasteiger partial charge in [-0.1, -0.05) is 25.7 Å². The molecule has 2 saturated heterocycles. The maximum Gasteiger partial charge on any atom is 0.247 e. The molecule has 0 saturated carbocycles. The van der Waals surface area contributed by atoms with Crippen LogP contribution in [0.2, 0.25) is 0 Å². The third-order valence-electron chi connectivity index (χ3n) is 6.52. The zero-order valence-electron chi connectivity index (χ0n) is 20.4. The first-order valence-corrected chi connectivity index (χ1v) is 12.2. The number of anilines is 1. The summed E-state index contributed by atoms with van der Waals surface area (Å²) < 4.78 is 16.4. The maximum absolute atomic E-state index is 13.6.